The molecule has 0 aromatic heterocycles. The van der Waals surface area contributed by atoms with E-state index in [4.69, 9.17) is 12.6 Å². The summed E-state index contributed by atoms with van der Waals surface area (Å²) in [5, 5.41) is 0.208. The second-order valence-electron chi connectivity index (χ2n) is 4.98. The Morgan fingerprint density at radius 1 is 1.18 bits per heavy atom. The average molecular weight is 262 g/mol. The van der Waals surface area contributed by atoms with E-state index in [1.807, 2.05) is 12.1 Å². The van der Waals surface area contributed by atoms with E-state index in [9.17, 15) is 0 Å². The molecule has 1 aliphatic carbocycles. The molecule has 2 atom stereocenters. The van der Waals surface area contributed by atoms with Crippen LogP contribution in [-0.4, -0.2) is 5.25 Å². The maximum atomic E-state index is 4.79. The van der Waals surface area contributed by atoms with Gasteiger partial charge in [-0.3, -0.25) is 0 Å². The van der Waals surface area contributed by atoms with Crippen LogP contribution in [0.2, 0.25) is 0 Å². The molecule has 0 saturated carbocycles. The van der Waals surface area contributed by atoms with Crippen molar-refractivity contribution in [1.29, 1.82) is 0 Å². The number of hydrogen-bond donors (Lipinski definition) is 2. The minimum Gasteiger partial charge on any atom is -0.170 e. The lowest BCUT2D eigenvalue weighted by Gasteiger charge is -2.37. The van der Waals surface area contributed by atoms with Gasteiger partial charge in [0.2, 0.25) is 0 Å². The third-order valence-corrected chi connectivity index (χ3v) is 4.80. The molecule has 0 saturated heterocycles. The van der Waals surface area contributed by atoms with E-state index in [1.165, 1.54) is 16.7 Å². The second kappa shape index (κ2) is 4.58. The van der Waals surface area contributed by atoms with Crippen molar-refractivity contribution in [3.63, 3.8) is 0 Å². The highest BCUT2D eigenvalue weighted by atomic mass is 32.1. The molecular formula is C15H18S2. The molecule has 0 unspecified atom stereocenters. The summed E-state index contributed by atoms with van der Waals surface area (Å²) in [5.74, 6) is 0. The normalized spacial score (nSPS) is 28.6. The Morgan fingerprint density at radius 2 is 1.82 bits per heavy atom. The predicted molar refractivity (Wildman–Crippen MR) is 81.3 cm³/mol. The Balaban J connectivity index is 2.58. The molecule has 0 bridgehead atoms. The molecule has 1 aliphatic rings. The van der Waals surface area contributed by atoms with Crippen LogP contribution in [0.3, 0.4) is 0 Å². The van der Waals surface area contributed by atoms with E-state index in [-0.39, 0.29) is 10.7 Å². The summed E-state index contributed by atoms with van der Waals surface area (Å²) >= 11 is 9.37. The number of hydrogen-bond acceptors (Lipinski definition) is 2. The summed E-state index contributed by atoms with van der Waals surface area (Å²) in [4.78, 5) is 1.04. The van der Waals surface area contributed by atoms with Crippen LogP contribution in [0.5, 0.6) is 0 Å². The molecule has 1 aromatic carbocycles. The zero-order valence-corrected chi connectivity index (χ0v) is 12.2. The SMILES string of the molecule is CC1=C[C@@](C)(c2ccccc2S)[C@H](S)C(C)=C1. The van der Waals surface area contributed by atoms with Crippen LogP contribution in [0.1, 0.15) is 26.3 Å². The molecule has 0 heterocycles. The first-order valence-electron chi connectivity index (χ1n) is 5.79. The third-order valence-electron chi connectivity index (χ3n) is 3.47. The molecule has 1 aromatic rings. The van der Waals surface area contributed by atoms with E-state index < -0.39 is 0 Å². The fraction of sp³-hybridized carbons (Fsp3) is 0.333. The highest BCUT2D eigenvalue weighted by molar-refractivity contribution is 7.81. The van der Waals surface area contributed by atoms with Crippen molar-refractivity contribution >= 4 is 25.3 Å². The van der Waals surface area contributed by atoms with E-state index in [0.29, 0.717) is 0 Å². The highest BCUT2D eigenvalue weighted by Crippen LogP contribution is 2.42. The van der Waals surface area contributed by atoms with Gasteiger partial charge in [-0.15, -0.1) is 12.6 Å². The van der Waals surface area contributed by atoms with E-state index >= 15 is 0 Å². The molecule has 0 aliphatic heterocycles. The summed E-state index contributed by atoms with van der Waals surface area (Å²) in [6.45, 7) is 6.52. The van der Waals surface area contributed by atoms with Crippen molar-refractivity contribution in [2.75, 3.05) is 0 Å². The van der Waals surface area contributed by atoms with Gasteiger partial charge >= 0.3 is 0 Å². The number of benzene rings is 1. The lowest BCUT2D eigenvalue weighted by Crippen LogP contribution is -2.34. The van der Waals surface area contributed by atoms with Crippen LogP contribution in [0.25, 0.3) is 0 Å². The summed E-state index contributed by atoms with van der Waals surface area (Å²) in [6, 6.07) is 8.28. The highest BCUT2D eigenvalue weighted by Gasteiger charge is 2.36. The fourth-order valence-corrected chi connectivity index (χ4v) is 3.35. The first kappa shape index (κ1) is 12.8. The van der Waals surface area contributed by atoms with Gasteiger partial charge in [0, 0.05) is 15.6 Å². The van der Waals surface area contributed by atoms with Gasteiger partial charge in [-0.05, 0) is 25.5 Å². The summed E-state index contributed by atoms with van der Waals surface area (Å²) in [7, 11) is 0. The van der Waals surface area contributed by atoms with Crippen molar-refractivity contribution in [2.24, 2.45) is 0 Å². The first-order chi connectivity index (χ1) is 7.95. The Bertz CT molecular complexity index is 499. The maximum absolute atomic E-state index is 4.79. The molecule has 2 rings (SSSR count). The van der Waals surface area contributed by atoms with Gasteiger partial charge in [0.25, 0.3) is 0 Å². The molecule has 17 heavy (non-hydrogen) atoms. The molecule has 0 amide bonds. The van der Waals surface area contributed by atoms with E-state index in [2.05, 4.69) is 57.7 Å². The summed E-state index contributed by atoms with van der Waals surface area (Å²) in [5.41, 5.74) is 3.78. The minimum atomic E-state index is -0.0790. The average Bonchev–Trinajstić information content (AvgIpc) is 2.26. The van der Waals surface area contributed by atoms with Crippen molar-refractivity contribution < 1.29 is 0 Å². The van der Waals surface area contributed by atoms with Gasteiger partial charge in [0.05, 0.1) is 0 Å². The Labute approximate surface area is 115 Å². The largest absolute Gasteiger partial charge is 0.170 e. The van der Waals surface area contributed by atoms with Gasteiger partial charge in [0.1, 0.15) is 0 Å². The molecule has 0 fully saturated rings. The van der Waals surface area contributed by atoms with Crippen molar-refractivity contribution in [3.8, 4) is 0 Å². The van der Waals surface area contributed by atoms with Crippen molar-refractivity contribution in [3.05, 3.63) is 53.1 Å². The lowest BCUT2D eigenvalue weighted by atomic mass is 9.73. The number of allylic oxidation sites excluding steroid dienone is 3. The lowest BCUT2D eigenvalue weighted by molar-refractivity contribution is 0.582. The topological polar surface area (TPSA) is 0 Å². The Morgan fingerprint density at radius 3 is 2.47 bits per heavy atom. The Kier molecular flexibility index (Phi) is 3.46. The third kappa shape index (κ3) is 2.21. The monoisotopic (exact) mass is 262 g/mol. The number of thiol groups is 2. The molecule has 0 nitrogen and oxygen atoms in total. The molecular weight excluding hydrogens is 244 g/mol. The van der Waals surface area contributed by atoms with Crippen molar-refractivity contribution in [2.45, 2.75) is 36.3 Å². The molecule has 0 spiro atoms. The molecule has 0 radical (unpaired) electrons. The standard InChI is InChI=1S/C15H18S2/c1-10-8-11(2)14(17)15(3,9-10)12-6-4-5-7-13(12)16/h4-9,14,16-17H,1-3H3/t14-,15+/m1/s1. The zero-order valence-electron chi connectivity index (χ0n) is 10.4. The van der Waals surface area contributed by atoms with E-state index in [1.54, 1.807) is 0 Å². The quantitative estimate of drug-likeness (QED) is 0.687. The van der Waals surface area contributed by atoms with Crippen LogP contribution in [0.15, 0.2) is 52.5 Å². The minimum absolute atomic E-state index is 0.0790. The first-order valence-corrected chi connectivity index (χ1v) is 6.75. The Hall–Kier alpha value is -0.600. The smallest absolute Gasteiger partial charge is 0.0356 e. The molecule has 0 N–H and O–H groups in total. The predicted octanol–water partition coefficient (Wildman–Crippen LogP) is 4.44. The van der Waals surface area contributed by atoms with Gasteiger partial charge in [-0.25, -0.2) is 0 Å². The van der Waals surface area contributed by atoms with E-state index in [0.717, 1.165) is 4.90 Å². The van der Waals surface area contributed by atoms with Crippen molar-refractivity contribution in [1.82, 2.24) is 0 Å². The fourth-order valence-electron chi connectivity index (χ4n) is 2.66. The van der Waals surface area contributed by atoms with Gasteiger partial charge in [-0.2, -0.15) is 12.6 Å². The maximum Gasteiger partial charge on any atom is 0.0356 e. The van der Waals surface area contributed by atoms with Crippen LogP contribution >= 0.6 is 25.3 Å². The molecule has 90 valence electrons. The van der Waals surface area contributed by atoms with Crippen LogP contribution in [0, 0.1) is 0 Å². The van der Waals surface area contributed by atoms with Crippen LogP contribution in [-0.2, 0) is 5.41 Å². The number of rotatable bonds is 1. The molecule has 2 heteroatoms. The van der Waals surface area contributed by atoms with Crippen LogP contribution in [0.4, 0.5) is 0 Å². The van der Waals surface area contributed by atoms with Gasteiger partial charge < -0.3 is 0 Å². The second-order valence-corrected chi connectivity index (χ2v) is 5.98. The van der Waals surface area contributed by atoms with Gasteiger partial charge in [-0.1, -0.05) is 48.4 Å². The zero-order chi connectivity index (χ0) is 12.6. The van der Waals surface area contributed by atoms with Gasteiger partial charge in [0.15, 0.2) is 0 Å². The summed E-state index contributed by atoms with van der Waals surface area (Å²) in [6.07, 6.45) is 4.51. The van der Waals surface area contributed by atoms with Crippen LogP contribution < -0.4 is 0 Å². The summed E-state index contributed by atoms with van der Waals surface area (Å²) < 4.78 is 0.